The molecular formula is C13H10ClF2NO. The third kappa shape index (κ3) is 2.71. The molecule has 0 heterocycles. The molecule has 0 amide bonds. The minimum absolute atomic E-state index is 0.0409. The fraction of sp³-hybridized carbons (Fsp3) is 0.0769. The van der Waals surface area contributed by atoms with Crippen LogP contribution in [0.25, 0.3) is 11.1 Å². The Morgan fingerprint density at radius 3 is 2.44 bits per heavy atom. The molecule has 0 aliphatic rings. The number of alkyl halides is 2. The SMILES string of the molecule is Nc1cc(-c2ccccc2Cl)ccc1OC(F)F. The Morgan fingerprint density at radius 2 is 1.83 bits per heavy atom. The van der Waals surface area contributed by atoms with Crippen molar-refractivity contribution in [3.05, 3.63) is 47.5 Å². The zero-order valence-electron chi connectivity index (χ0n) is 9.24. The topological polar surface area (TPSA) is 35.2 Å². The Morgan fingerprint density at radius 1 is 1.11 bits per heavy atom. The molecule has 2 nitrogen and oxygen atoms in total. The third-order valence-corrected chi connectivity index (χ3v) is 2.74. The van der Waals surface area contributed by atoms with Gasteiger partial charge in [0.15, 0.2) is 0 Å². The van der Waals surface area contributed by atoms with E-state index in [-0.39, 0.29) is 11.4 Å². The van der Waals surface area contributed by atoms with Gasteiger partial charge in [0.25, 0.3) is 0 Å². The van der Waals surface area contributed by atoms with Gasteiger partial charge in [0, 0.05) is 10.6 Å². The Bertz CT molecular complexity index is 560. The lowest BCUT2D eigenvalue weighted by atomic mass is 10.0. The number of rotatable bonds is 3. The molecule has 2 rings (SSSR count). The van der Waals surface area contributed by atoms with Gasteiger partial charge in [-0.15, -0.1) is 0 Å². The fourth-order valence-corrected chi connectivity index (χ4v) is 1.86. The number of hydrogen-bond donors (Lipinski definition) is 1. The van der Waals surface area contributed by atoms with Crippen LogP contribution < -0.4 is 10.5 Å². The van der Waals surface area contributed by atoms with Crippen molar-refractivity contribution in [2.75, 3.05) is 5.73 Å². The van der Waals surface area contributed by atoms with E-state index in [2.05, 4.69) is 4.74 Å². The Kier molecular flexibility index (Phi) is 3.67. The van der Waals surface area contributed by atoms with Crippen molar-refractivity contribution in [1.82, 2.24) is 0 Å². The van der Waals surface area contributed by atoms with E-state index in [4.69, 9.17) is 17.3 Å². The van der Waals surface area contributed by atoms with Gasteiger partial charge in [-0.25, -0.2) is 0 Å². The molecule has 0 atom stereocenters. The lowest BCUT2D eigenvalue weighted by Crippen LogP contribution is -2.04. The summed E-state index contributed by atoms with van der Waals surface area (Å²) in [4.78, 5) is 0. The highest BCUT2D eigenvalue weighted by Gasteiger charge is 2.10. The standard InChI is InChI=1S/C13H10ClF2NO/c14-10-4-2-1-3-9(10)8-5-6-12(11(17)7-8)18-13(15)16/h1-7,13H,17H2. The summed E-state index contributed by atoms with van der Waals surface area (Å²) in [6.45, 7) is -2.89. The number of benzene rings is 2. The maximum absolute atomic E-state index is 12.1. The molecule has 0 saturated heterocycles. The van der Waals surface area contributed by atoms with Crippen molar-refractivity contribution in [1.29, 1.82) is 0 Å². The highest BCUT2D eigenvalue weighted by molar-refractivity contribution is 6.33. The zero-order chi connectivity index (χ0) is 13.1. The van der Waals surface area contributed by atoms with Crippen LogP contribution in [-0.2, 0) is 0 Å². The first-order valence-electron chi connectivity index (χ1n) is 5.17. The molecule has 0 aliphatic carbocycles. The number of halogens is 3. The van der Waals surface area contributed by atoms with E-state index in [9.17, 15) is 8.78 Å². The molecule has 2 N–H and O–H groups in total. The molecule has 18 heavy (non-hydrogen) atoms. The second-order valence-corrected chi connectivity index (χ2v) is 4.02. The molecule has 0 spiro atoms. The summed E-state index contributed by atoms with van der Waals surface area (Å²) in [6, 6.07) is 11.8. The van der Waals surface area contributed by atoms with Crippen LogP contribution in [0.2, 0.25) is 5.02 Å². The number of anilines is 1. The number of nitrogen functional groups attached to an aromatic ring is 1. The predicted molar refractivity (Wildman–Crippen MR) is 67.9 cm³/mol. The molecule has 0 bridgehead atoms. The Labute approximate surface area is 108 Å². The smallest absolute Gasteiger partial charge is 0.387 e. The summed E-state index contributed by atoms with van der Waals surface area (Å²) < 4.78 is 28.5. The van der Waals surface area contributed by atoms with Crippen LogP contribution in [-0.4, -0.2) is 6.61 Å². The Hall–Kier alpha value is -1.81. The molecule has 0 aliphatic heterocycles. The molecule has 5 heteroatoms. The van der Waals surface area contributed by atoms with Crippen molar-refractivity contribution in [2.45, 2.75) is 6.61 Å². The molecule has 2 aromatic carbocycles. The van der Waals surface area contributed by atoms with Crippen molar-refractivity contribution >= 4 is 17.3 Å². The van der Waals surface area contributed by atoms with E-state index < -0.39 is 6.61 Å². The minimum atomic E-state index is -2.89. The molecule has 0 fully saturated rings. The van der Waals surface area contributed by atoms with Crippen molar-refractivity contribution < 1.29 is 13.5 Å². The van der Waals surface area contributed by atoms with Crippen LogP contribution in [0.4, 0.5) is 14.5 Å². The maximum atomic E-state index is 12.1. The maximum Gasteiger partial charge on any atom is 0.387 e. The van der Waals surface area contributed by atoms with Gasteiger partial charge in [-0.1, -0.05) is 35.9 Å². The van der Waals surface area contributed by atoms with Gasteiger partial charge in [-0.05, 0) is 23.8 Å². The van der Waals surface area contributed by atoms with E-state index in [0.29, 0.717) is 5.02 Å². The van der Waals surface area contributed by atoms with Crippen LogP contribution in [0.5, 0.6) is 5.75 Å². The largest absolute Gasteiger partial charge is 0.433 e. The van der Waals surface area contributed by atoms with Crippen molar-refractivity contribution in [3.63, 3.8) is 0 Å². The van der Waals surface area contributed by atoms with E-state index in [1.54, 1.807) is 18.2 Å². The van der Waals surface area contributed by atoms with Crippen molar-refractivity contribution in [2.24, 2.45) is 0 Å². The first kappa shape index (κ1) is 12.6. The summed E-state index contributed by atoms with van der Waals surface area (Å²) in [7, 11) is 0. The summed E-state index contributed by atoms with van der Waals surface area (Å²) in [5, 5.41) is 0.569. The quantitative estimate of drug-likeness (QED) is 0.848. The molecule has 0 unspecified atom stereocenters. The lowest BCUT2D eigenvalue weighted by molar-refractivity contribution is -0.0493. The second kappa shape index (κ2) is 5.23. The van der Waals surface area contributed by atoms with Gasteiger partial charge >= 0.3 is 6.61 Å². The molecule has 2 aromatic rings. The predicted octanol–water partition coefficient (Wildman–Crippen LogP) is 4.19. The third-order valence-electron chi connectivity index (χ3n) is 2.41. The minimum Gasteiger partial charge on any atom is -0.433 e. The van der Waals surface area contributed by atoms with Gasteiger partial charge < -0.3 is 10.5 Å². The fourth-order valence-electron chi connectivity index (χ4n) is 1.61. The Balaban J connectivity index is 2.38. The van der Waals surface area contributed by atoms with Gasteiger partial charge in [0.1, 0.15) is 5.75 Å². The highest BCUT2D eigenvalue weighted by Crippen LogP contribution is 2.32. The van der Waals surface area contributed by atoms with Crippen LogP contribution in [0.3, 0.4) is 0 Å². The molecule has 0 saturated carbocycles. The van der Waals surface area contributed by atoms with Gasteiger partial charge in [-0.2, -0.15) is 8.78 Å². The van der Waals surface area contributed by atoms with E-state index in [0.717, 1.165) is 11.1 Å². The summed E-state index contributed by atoms with van der Waals surface area (Å²) in [6.07, 6.45) is 0. The van der Waals surface area contributed by atoms with Crippen LogP contribution in [0.15, 0.2) is 42.5 Å². The first-order chi connectivity index (χ1) is 8.58. The van der Waals surface area contributed by atoms with Crippen LogP contribution >= 0.6 is 11.6 Å². The lowest BCUT2D eigenvalue weighted by Gasteiger charge is -2.10. The average Bonchev–Trinajstić information content (AvgIpc) is 2.32. The van der Waals surface area contributed by atoms with Crippen LogP contribution in [0.1, 0.15) is 0 Å². The van der Waals surface area contributed by atoms with Crippen LogP contribution in [0, 0.1) is 0 Å². The number of nitrogens with two attached hydrogens (primary N) is 1. The summed E-state index contributed by atoms with van der Waals surface area (Å²) >= 11 is 6.04. The van der Waals surface area contributed by atoms with Gasteiger partial charge in [-0.3, -0.25) is 0 Å². The van der Waals surface area contributed by atoms with E-state index >= 15 is 0 Å². The normalized spacial score (nSPS) is 10.7. The molecule has 94 valence electrons. The molecule has 0 radical (unpaired) electrons. The van der Waals surface area contributed by atoms with Gasteiger partial charge in [0.2, 0.25) is 0 Å². The molecular weight excluding hydrogens is 260 g/mol. The highest BCUT2D eigenvalue weighted by atomic mass is 35.5. The monoisotopic (exact) mass is 269 g/mol. The van der Waals surface area contributed by atoms with Gasteiger partial charge in [0.05, 0.1) is 5.69 Å². The summed E-state index contributed by atoms with van der Waals surface area (Å²) in [5.74, 6) is -0.0409. The van der Waals surface area contributed by atoms with E-state index in [1.807, 2.05) is 18.2 Å². The first-order valence-corrected chi connectivity index (χ1v) is 5.55. The molecule has 0 aromatic heterocycles. The van der Waals surface area contributed by atoms with E-state index in [1.165, 1.54) is 6.07 Å². The second-order valence-electron chi connectivity index (χ2n) is 3.61. The number of hydrogen-bond acceptors (Lipinski definition) is 2. The zero-order valence-corrected chi connectivity index (χ0v) is 9.99. The average molecular weight is 270 g/mol. The van der Waals surface area contributed by atoms with Crippen molar-refractivity contribution in [3.8, 4) is 16.9 Å². The number of ether oxygens (including phenoxy) is 1. The summed E-state index contributed by atoms with van der Waals surface area (Å²) in [5.41, 5.74) is 7.34.